The lowest BCUT2D eigenvalue weighted by Gasteiger charge is -2.14. The van der Waals surface area contributed by atoms with Crippen molar-refractivity contribution >= 4 is 27.4 Å². The number of carboxylic acid groups (broad SMARTS) is 1. The number of sulfone groups is 1. The van der Waals surface area contributed by atoms with Crippen molar-refractivity contribution in [2.45, 2.75) is 57.1 Å². The SMILES string of the molecule is Cc1ccc(CCS(=O)(=O)C(CCCCCCc2ccc(Cl)cc2)C(=O)O)cc1. The molecule has 0 saturated heterocycles. The van der Waals surface area contributed by atoms with Crippen LogP contribution in [0.25, 0.3) is 0 Å². The fourth-order valence-electron chi connectivity index (χ4n) is 3.28. The van der Waals surface area contributed by atoms with Crippen molar-refractivity contribution in [1.82, 2.24) is 0 Å². The first-order chi connectivity index (χ1) is 13.8. The third kappa shape index (κ3) is 8.19. The Morgan fingerprint density at radius 1 is 0.897 bits per heavy atom. The zero-order valence-electron chi connectivity index (χ0n) is 16.8. The normalized spacial score (nSPS) is 12.6. The topological polar surface area (TPSA) is 71.4 Å². The van der Waals surface area contributed by atoms with E-state index in [-0.39, 0.29) is 12.2 Å². The van der Waals surface area contributed by atoms with Crippen LogP contribution in [0.2, 0.25) is 5.02 Å². The summed E-state index contributed by atoms with van der Waals surface area (Å²) in [4.78, 5) is 11.5. The van der Waals surface area contributed by atoms with Gasteiger partial charge in [-0.3, -0.25) is 4.79 Å². The lowest BCUT2D eigenvalue weighted by Crippen LogP contribution is -2.32. The minimum absolute atomic E-state index is 0.135. The molecule has 6 heteroatoms. The Hall–Kier alpha value is -1.85. The molecule has 0 heterocycles. The second-order valence-corrected chi connectivity index (χ2v) is 10.2. The number of unbranched alkanes of at least 4 members (excludes halogenated alkanes) is 3. The summed E-state index contributed by atoms with van der Waals surface area (Å²) in [6.07, 6.45) is 4.80. The second kappa shape index (κ2) is 11.4. The van der Waals surface area contributed by atoms with Crippen molar-refractivity contribution < 1.29 is 18.3 Å². The molecule has 0 aliphatic carbocycles. The van der Waals surface area contributed by atoms with E-state index in [4.69, 9.17) is 11.6 Å². The Balaban J connectivity index is 1.75. The molecule has 0 saturated carbocycles. The van der Waals surface area contributed by atoms with Crippen molar-refractivity contribution in [2.24, 2.45) is 0 Å². The molecule has 0 amide bonds. The largest absolute Gasteiger partial charge is 0.480 e. The summed E-state index contributed by atoms with van der Waals surface area (Å²) in [5.74, 6) is -1.38. The highest BCUT2D eigenvalue weighted by atomic mass is 35.5. The van der Waals surface area contributed by atoms with Crippen LogP contribution in [-0.2, 0) is 27.5 Å². The first-order valence-corrected chi connectivity index (χ1v) is 12.1. The van der Waals surface area contributed by atoms with Gasteiger partial charge in [0.1, 0.15) is 0 Å². The standard InChI is InChI=1S/C23H29ClO4S/c1-18-8-10-20(11-9-18)16-17-29(27,28)22(23(25)26)7-5-3-2-4-6-19-12-14-21(24)15-13-19/h8-15,22H,2-7,16-17H2,1H3,(H,25,26). The number of benzene rings is 2. The molecule has 29 heavy (non-hydrogen) atoms. The average Bonchev–Trinajstić information content (AvgIpc) is 2.68. The molecule has 0 aliphatic heterocycles. The number of carbonyl (C=O) groups is 1. The van der Waals surface area contributed by atoms with Crippen molar-refractivity contribution in [3.05, 3.63) is 70.2 Å². The molecule has 2 aromatic carbocycles. The quantitative estimate of drug-likeness (QED) is 0.461. The average molecular weight is 437 g/mol. The van der Waals surface area contributed by atoms with Gasteiger partial charge in [0.05, 0.1) is 5.75 Å². The van der Waals surface area contributed by atoms with E-state index in [0.717, 1.165) is 41.8 Å². The Morgan fingerprint density at radius 2 is 1.45 bits per heavy atom. The molecule has 4 nitrogen and oxygen atoms in total. The number of aryl methyl sites for hydroxylation is 3. The van der Waals surface area contributed by atoms with Crippen LogP contribution in [0, 0.1) is 6.92 Å². The van der Waals surface area contributed by atoms with E-state index < -0.39 is 21.1 Å². The smallest absolute Gasteiger partial charge is 0.321 e. The lowest BCUT2D eigenvalue weighted by atomic mass is 10.0. The van der Waals surface area contributed by atoms with Gasteiger partial charge in [-0.1, -0.05) is 72.8 Å². The minimum Gasteiger partial charge on any atom is -0.480 e. The third-order valence-electron chi connectivity index (χ3n) is 5.10. The summed E-state index contributed by atoms with van der Waals surface area (Å²) in [6.45, 7) is 1.97. The molecular weight excluding hydrogens is 408 g/mol. The predicted molar refractivity (Wildman–Crippen MR) is 118 cm³/mol. The van der Waals surface area contributed by atoms with Crippen LogP contribution in [0.4, 0.5) is 0 Å². The third-order valence-corrected chi connectivity index (χ3v) is 7.43. The van der Waals surface area contributed by atoms with E-state index in [1.807, 2.05) is 55.5 Å². The number of carboxylic acids is 1. The van der Waals surface area contributed by atoms with E-state index in [0.29, 0.717) is 12.8 Å². The first kappa shape index (κ1) is 23.4. The Labute approximate surface area is 178 Å². The number of halogens is 1. The number of aliphatic carboxylic acids is 1. The van der Waals surface area contributed by atoms with Gasteiger partial charge in [-0.05, 0) is 55.9 Å². The van der Waals surface area contributed by atoms with E-state index in [1.54, 1.807) is 0 Å². The summed E-state index contributed by atoms with van der Waals surface area (Å²) >= 11 is 5.87. The van der Waals surface area contributed by atoms with Crippen LogP contribution in [0.5, 0.6) is 0 Å². The molecule has 0 fully saturated rings. The van der Waals surface area contributed by atoms with Crippen LogP contribution in [0.1, 0.15) is 48.8 Å². The monoisotopic (exact) mass is 436 g/mol. The number of rotatable bonds is 12. The molecule has 1 atom stereocenters. The van der Waals surface area contributed by atoms with Crippen molar-refractivity contribution in [2.75, 3.05) is 5.75 Å². The summed E-state index contributed by atoms with van der Waals surface area (Å²) < 4.78 is 25.1. The molecule has 0 bridgehead atoms. The molecule has 1 unspecified atom stereocenters. The maximum Gasteiger partial charge on any atom is 0.321 e. The van der Waals surface area contributed by atoms with Crippen LogP contribution < -0.4 is 0 Å². The van der Waals surface area contributed by atoms with Gasteiger partial charge in [0.2, 0.25) is 0 Å². The molecule has 0 aromatic heterocycles. The van der Waals surface area contributed by atoms with Gasteiger partial charge in [0, 0.05) is 5.02 Å². The zero-order chi connectivity index (χ0) is 21.3. The van der Waals surface area contributed by atoms with Gasteiger partial charge in [-0.15, -0.1) is 0 Å². The van der Waals surface area contributed by atoms with Gasteiger partial charge in [-0.2, -0.15) is 0 Å². The van der Waals surface area contributed by atoms with Gasteiger partial charge in [0.15, 0.2) is 15.1 Å². The van der Waals surface area contributed by atoms with Crippen molar-refractivity contribution in [3.8, 4) is 0 Å². The minimum atomic E-state index is -3.68. The molecular formula is C23H29ClO4S. The summed E-state index contributed by atoms with van der Waals surface area (Å²) in [6, 6.07) is 15.4. The van der Waals surface area contributed by atoms with Crippen molar-refractivity contribution in [1.29, 1.82) is 0 Å². The molecule has 0 spiro atoms. The summed E-state index contributed by atoms with van der Waals surface area (Å²) in [5.41, 5.74) is 3.23. The lowest BCUT2D eigenvalue weighted by molar-refractivity contribution is -0.136. The fourth-order valence-corrected chi connectivity index (χ4v) is 5.04. The molecule has 0 radical (unpaired) electrons. The van der Waals surface area contributed by atoms with Gasteiger partial charge >= 0.3 is 5.97 Å². The highest BCUT2D eigenvalue weighted by Crippen LogP contribution is 2.17. The van der Waals surface area contributed by atoms with Gasteiger partial charge in [-0.25, -0.2) is 8.42 Å². The highest BCUT2D eigenvalue weighted by molar-refractivity contribution is 7.92. The molecule has 1 N–H and O–H groups in total. The Kier molecular flexibility index (Phi) is 9.18. The van der Waals surface area contributed by atoms with E-state index in [9.17, 15) is 18.3 Å². The van der Waals surface area contributed by atoms with E-state index in [2.05, 4.69) is 0 Å². The second-order valence-electron chi connectivity index (χ2n) is 7.51. The predicted octanol–water partition coefficient (Wildman–Crippen LogP) is 5.25. The summed E-state index contributed by atoms with van der Waals surface area (Å²) in [7, 11) is -3.68. The maximum atomic E-state index is 12.6. The maximum absolute atomic E-state index is 12.6. The number of hydrogen-bond donors (Lipinski definition) is 1. The van der Waals surface area contributed by atoms with Crippen LogP contribution in [0.3, 0.4) is 0 Å². The van der Waals surface area contributed by atoms with E-state index >= 15 is 0 Å². The zero-order valence-corrected chi connectivity index (χ0v) is 18.4. The van der Waals surface area contributed by atoms with Crippen LogP contribution >= 0.6 is 11.6 Å². The molecule has 2 rings (SSSR count). The van der Waals surface area contributed by atoms with Gasteiger partial charge < -0.3 is 5.11 Å². The van der Waals surface area contributed by atoms with E-state index in [1.165, 1.54) is 5.56 Å². The molecule has 158 valence electrons. The van der Waals surface area contributed by atoms with Crippen LogP contribution in [0.15, 0.2) is 48.5 Å². The molecule has 2 aromatic rings. The Morgan fingerprint density at radius 3 is 2.07 bits per heavy atom. The highest BCUT2D eigenvalue weighted by Gasteiger charge is 2.31. The first-order valence-electron chi connectivity index (χ1n) is 10.0. The number of hydrogen-bond acceptors (Lipinski definition) is 3. The van der Waals surface area contributed by atoms with Gasteiger partial charge in [0.25, 0.3) is 0 Å². The summed E-state index contributed by atoms with van der Waals surface area (Å²) in [5, 5.41) is 8.83. The molecule has 0 aliphatic rings. The Bertz CT molecular complexity index is 874. The van der Waals surface area contributed by atoms with Crippen molar-refractivity contribution in [3.63, 3.8) is 0 Å². The fraction of sp³-hybridized carbons (Fsp3) is 0.435. The van der Waals surface area contributed by atoms with Crippen LogP contribution in [-0.4, -0.2) is 30.5 Å².